The maximum atomic E-state index is 9.38. The summed E-state index contributed by atoms with van der Waals surface area (Å²) in [5, 5.41) is 9.38. The van der Waals surface area contributed by atoms with Crippen molar-refractivity contribution in [2.75, 3.05) is 7.11 Å². The minimum atomic E-state index is 0.564. The van der Waals surface area contributed by atoms with Gasteiger partial charge in [-0.1, -0.05) is 127 Å². The third-order valence-corrected chi connectivity index (χ3v) is 7.92. The molecule has 0 N–H and O–H groups in total. The van der Waals surface area contributed by atoms with E-state index in [1.807, 2.05) is 115 Å². The van der Waals surface area contributed by atoms with Crippen LogP contribution < -0.4 is 4.74 Å². The van der Waals surface area contributed by atoms with Crippen molar-refractivity contribution < 1.29 is 4.74 Å². The number of rotatable bonds is 7. The van der Waals surface area contributed by atoms with Crippen LogP contribution in [0.2, 0.25) is 0 Å². The molecule has 0 amide bonds. The van der Waals surface area contributed by atoms with Gasteiger partial charge in [-0.15, -0.1) is 0 Å². The van der Waals surface area contributed by atoms with Gasteiger partial charge < -0.3 is 4.74 Å². The summed E-state index contributed by atoms with van der Waals surface area (Å²) in [4.78, 5) is 15.1. The zero-order chi connectivity index (χ0) is 31.3. The van der Waals surface area contributed by atoms with Gasteiger partial charge in [0.1, 0.15) is 5.75 Å². The molecule has 0 unspecified atom stereocenters. The van der Waals surface area contributed by atoms with E-state index in [0.717, 1.165) is 55.8 Å². The van der Waals surface area contributed by atoms with Gasteiger partial charge in [-0.2, -0.15) is 5.26 Å². The second-order valence-corrected chi connectivity index (χ2v) is 10.7. The van der Waals surface area contributed by atoms with Crippen LogP contribution in [0.25, 0.3) is 67.5 Å². The van der Waals surface area contributed by atoms with Crippen LogP contribution in [0.15, 0.2) is 152 Å². The van der Waals surface area contributed by atoms with Crippen LogP contribution in [0, 0.1) is 11.3 Å². The molecule has 1 aromatic heterocycles. The summed E-state index contributed by atoms with van der Waals surface area (Å²) < 4.78 is 5.75. The van der Waals surface area contributed by atoms with Crippen LogP contribution >= 0.6 is 0 Å². The minimum absolute atomic E-state index is 0.564. The van der Waals surface area contributed by atoms with Gasteiger partial charge in [0.05, 0.1) is 18.7 Å². The number of benzene rings is 6. The van der Waals surface area contributed by atoms with Crippen molar-refractivity contribution in [2.24, 2.45) is 0 Å². The fourth-order valence-electron chi connectivity index (χ4n) is 5.64. The number of aromatic nitrogens is 3. The number of para-hydroxylation sites is 1. The highest BCUT2D eigenvalue weighted by molar-refractivity contribution is 5.93. The van der Waals surface area contributed by atoms with Crippen LogP contribution in [0.5, 0.6) is 5.75 Å². The maximum absolute atomic E-state index is 9.38. The Hall–Kier alpha value is -6.38. The van der Waals surface area contributed by atoms with Crippen molar-refractivity contribution >= 4 is 0 Å². The number of methoxy groups -OCH3 is 1. The Morgan fingerprint density at radius 1 is 0.435 bits per heavy atom. The van der Waals surface area contributed by atoms with Crippen LogP contribution in [0.3, 0.4) is 0 Å². The molecule has 0 aliphatic carbocycles. The van der Waals surface area contributed by atoms with Crippen LogP contribution in [-0.4, -0.2) is 22.1 Å². The van der Waals surface area contributed by atoms with Gasteiger partial charge >= 0.3 is 0 Å². The average Bonchev–Trinajstić information content (AvgIpc) is 3.15. The third kappa shape index (κ3) is 5.63. The quantitative estimate of drug-likeness (QED) is 0.184. The number of nitrogens with zero attached hydrogens (tertiary/aromatic N) is 4. The van der Waals surface area contributed by atoms with E-state index >= 15 is 0 Å². The molecule has 0 bridgehead atoms. The van der Waals surface area contributed by atoms with Crippen molar-refractivity contribution in [3.05, 3.63) is 157 Å². The van der Waals surface area contributed by atoms with E-state index in [1.54, 1.807) is 7.11 Å². The van der Waals surface area contributed by atoms with Crippen molar-refractivity contribution in [1.29, 1.82) is 5.26 Å². The molecule has 7 aromatic rings. The molecule has 218 valence electrons. The van der Waals surface area contributed by atoms with Gasteiger partial charge in [0.2, 0.25) is 0 Å². The second-order valence-electron chi connectivity index (χ2n) is 10.7. The lowest BCUT2D eigenvalue weighted by Gasteiger charge is -2.17. The lowest BCUT2D eigenvalue weighted by molar-refractivity contribution is 0.416. The largest absolute Gasteiger partial charge is 0.496 e. The molecule has 1 heterocycles. The molecule has 6 aromatic carbocycles. The monoisotopic (exact) mass is 592 g/mol. The zero-order valence-electron chi connectivity index (χ0n) is 25.1. The van der Waals surface area contributed by atoms with E-state index in [2.05, 4.69) is 42.5 Å². The van der Waals surface area contributed by atoms with E-state index < -0.39 is 0 Å². The van der Waals surface area contributed by atoms with E-state index in [-0.39, 0.29) is 0 Å². The molecule has 5 nitrogen and oxygen atoms in total. The van der Waals surface area contributed by atoms with Gasteiger partial charge in [-0.3, -0.25) is 0 Å². The Bertz CT molecular complexity index is 2130. The summed E-state index contributed by atoms with van der Waals surface area (Å²) >= 11 is 0. The van der Waals surface area contributed by atoms with E-state index in [4.69, 9.17) is 19.7 Å². The van der Waals surface area contributed by atoms with E-state index in [0.29, 0.717) is 23.0 Å². The standard InChI is InChI=1S/C41H28N4O/c1-46-38-19-11-10-17-34(38)32-24-25-36(35-18-9-8-16-33(35)29-22-20-28(27-42)21-23-29)37(26-32)41-44-39(30-12-4-2-5-13-30)43-40(45-41)31-14-6-3-7-15-31/h2-26H,1H3. The second kappa shape index (κ2) is 12.7. The van der Waals surface area contributed by atoms with E-state index in [9.17, 15) is 5.26 Å². The molecule has 0 radical (unpaired) electrons. The van der Waals surface area contributed by atoms with E-state index in [1.165, 1.54) is 0 Å². The topological polar surface area (TPSA) is 71.7 Å². The highest BCUT2D eigenvalue weighted by Gasteiger charge is 2.19. The number of hydrogen-bond acceptors (Lipinski definition) is 5. The SMILES string of the molecule is COc1ccccc1-c1ccc(-c2ccccc2-c2ccc(C#N)cc2)c(-c2nc(-c3ccccc3)nc(-c3ccccc3)n2)c1. The number of ether oxygens (including phenoxy) is 1. The molecule has 0 fully saturated rings. The molecule has 0 saturated carbocycles. The first-order valence-electron chi connectivity index (χ1n) is 15.0. The Kier molecular flexibility index (Phi) is 7.84. The highest BCUT2D eigenvalue weighted by atomic mass is 16.5. The molecule has 0 saturated heterocycles. The van der Waals surface area contributed by atoms with Crippen LogP contribution in [0.4, 0.5) is 0 Å². The molecule has 7 rings (SSSR count). The first kappa shape index (κ1) is 28.4. The van der Waals surface area contributed by atoms with Gasteiger partial charge in [0, 0.05) is 22.3 Å². The summed E-state index contributed by atoms with van der Waals surface area (Å²) in [5.74, 6) is 2.54. The molecule has 0 atom stereocenters. The molecular weight excluding hydrogens is 564 g/mol. The van der Waals surface area contributed by atoms with Crippen molar-refractivity contribution in [2.45, 2.75) is 0 Å². The summed E-state index contributed by atoms with van der Waals surface area (Å²) in [6, 6.07) is 52.6. The smallest absolute Gasteiger partial charge is 0.164 e. The summed E-state index contributed by atoms with van der Waals surface area (Å²) in [6.45, 7) is 0. The van der Waals surface area contributed by atoms with Gasteiger partial charge in [-0.25, -0.2) is 15.0 Å². The maximum Gasteiger partial charge on any atom is 0.164 e. The normalized spacial score (nSPS) is 10.7. The van der Waals surface area contributed by atoms with Crippen molar-refractivity contribution in [3.63, 3.8) is 0 Å². The predicted octanol–water partition coefficient (Wildman–Crippen LogP) is 9.75. The Morgan fingerprint density at radius 3 is 1.54 bits per heavy atom. The predicted molar refractivity (Wildman–Crippen MR) is 184 cm³/mol. The average molecular weight is 593 g/mol. The minimum Gasteiger partial charge on any atom is -0.496 e. The fourth-order valence-corrected chi connectivity index (χ4v) is 5.64. The van der Waals surface area contributed by atoms with Crippen molar-refractivity contribution in [1.82, 2.24) is 15.0 Å². The fraction of sp³-hybridized carbons (Fsp3) is 0.0244. The lowest BCUT2D eigenvalue weighted by Crippen LogP contribution is -2.01. The third-order valence-electron chi connectivity index (χ3n) is 7.92. The van der Waals surface area contributed by atoms with Gasteiger partial charge in [0.25, 0.3) is 0 Å². The first-order chi connectivity index (χ1) is 22.7. The summed E-state index contributed by atoms with van der Waals surface area (Å²) in [7, 11) is 1.69. The molecule has 46 heavy (non-hydrogen) atoms. The van der Waals surface area contributed by atoms with Crippen LogP contribution in [0.1, 0.15) is 5.56 Å². The Labute approximate surface area is 268 Å². The van der Waals surface area contributed by atoms with Gasteiger partial charge in [-0.05, 0) is 52.1 Å². The first-order valence-corrected chi connectivity index (χ1v) is 15.0. The van der Waals surface area contributed by atoms with Gasteiger partial charge in [0.15, 0.2) is 17.5 Å². The summed E-state index contributed by atoms with van der Waals surface area (Å²) in [5.41, 5.74) is 9.30. The number of nitriles is 1. The Morgan fingerprint density at radius 2 is 0.935 bits per heavy atom. The molecule has 5 heteroatoms. The lowest BCUT2D eigenvalue weighted by atomic mass is 9.89. The molecule has 0 aliphatic heterocycles. The molecular formula is C41H28N4O. The van der Waals surface area contributed by atoms with Crippen molar-refractivity contribution in [3.8, 4) is 79.4 Å². The molecule has 0 aliphatic rings. The highest BCUT2D eigenvalue weighted by Crippen LogP contribution is 2.41. The molecule has 0 spiro atoms. The Balaban J connectivity index is 1.51. The summed E-state index contributed by atoms with van der Waals surface area (Å²) in [6.07, 6.45) is 0. The zero-order valence-corrected chi connectivity index (χ0v) is 25.1. The number of hydrogen-bond donors (Lipinski definition) is 0. The van der Waals surface area contributed by atoms with Crippen LogP contribution in [-0.2, 0) is 0 Å².